The zero-order valence-corrected chi connectivity index (χ0v) is 11.5. The first-order valence-corrected chi connectivity index (χ1v) is 7.82. The van der Waals surface area contributed by atoms with E-state index in [1.54, 1.807) is 11.3 Å². The fourth-order valence-electron chi connectivity index (χ4n) is 3.95. The molecule has 0 aliphatic heterocycles. The minimum absolute atomic E-state index is 0.398. The molecule has 2 nitrogen and oxygen atoms in total. The van der Waals surface area contributed by atoms with E-state index in [9.17, 15) is 0 Å². The van der Waals surface area contributed by atoms with Gasteiger partial charge in [-0.3, -0.25) is 0 Å². The Morgan fingerprint density at radius 2 is 2.24 bits per heavy atom. The van der Waals surface area contributed by atoms with Crippen molar-refractivity contribution < 1.29 is 0 Å². The number of thiazole rings is 1. The highest BCUT2D eigenvalue weighted by atomic mass is 32.1. The third kappa shape index (κ3) is 2.27. The lowest BCUT2D eigenvalue weighted by molar-refractivity contribution is 0.248. The Bertz CT molecular complexity index is 362. The lowest BCUT2D eigenvalue weighted by Gasteiger charge is -2.30. The fraction of sp³-hybridized carbons (Fsp3) is 0.786. The van der Waals surface area contributed by atoms with E-state index >= 15 is 0 Å². The van der Waals surface area contributed by atoms with Gasteiger partial charge < -0.3 is 5.32 Å². The Hall–Kier alpha value is -0.410. The standard InChI is InChI=1S/C14H22N2S/c1-9(13-6-11-3-4-12(13)5-11)16-10(2)14-7-17-8-15-14/h7-13,16H,3-6H2,1-2H3. The van der Waals surface area contributed by atoms with E-state index in [2.05, 4.69) is 29.5 Å². The van der Waals surface area contributed by atoms with Gasteiger partial charge in [0.25, 0.3) is 0 Å². The molecule has 0 radical (unpaired) electrons. The normalized spacial score (nSPS) is 35.1. The molecule has 3 rings (SSSR count). The minimum Gasteiger partial charge on any atom is -0.306 e. The fourth-order valence-corrected chi connectivity index (χ4v) is 4.59. The predicted molar refractivity (Wildman–Crippen MR) is 72.1 cm³/mol. The second kappa shape index (κ2) is 4.69. The van der Waals surface area contributed by atoms with Gasteiger partial charge in [0, 0.05) is 17.5 Å². The second-order valence-corrected chi connectivity index (χ2v) is 6.65. The molecule has 5 unspecified atom stereocenters. The van der Waals surface area contributed by atoms with E-state index in [1.165, 1.54) is 31.4 Å². The summed E-state index contributed by atoms with van der Waals surface area (Å²) in [6.45, 7) is 4.60. The number of aromatic nitrogens is 1. The smallest absolute Gasteiger partial charge is 0.0795 e. The van der Waals surface area contributed by atoms with Crippen LogP contribution in [0.2, 0.25) is 0 Å². The summed E-state index contributed by atoms with van der Waals surface area (Å²) in [5.74, 6) is 2.96. The molecule has 0 aromatic carbocycles. The van der Waals surface area contributed by atoms with Gasteiger partial charge in [0.15, 0.2) is 0 Å². The summed E-state index contributed by atoms with van der Waals surface area (Å²) in [5.41, 5.74) is 3.13. The summed E-state index contributed by atoms with van der Waals surface area (Å²) in [6.07, 6.45) is 5.94. The molecular formula is C14H22N2S. The van der Waals surface area contributed by atoms with E-state index in [-0.39, 0.29) is 0 Å². The molecule has 2 aliphatic carbocycles. The zero-order chi connectivity index (χ0) is 11.8. The molecule has 0 amide bonds. The zero-order valence-electron chi connectivity index (χ0n) is 10.7. The molecule has 2 bridgehead atoms. The largest absolute Gasteiger partial charge is 0.306 e. The molecule has 17 heavy (non-hydrogen) atoms. The van der Waals surface area contributed by atoms with Crippen molar-refractivity contribution in [2.45, 2.75) is 51.6 Å². The molecule has 1 N–H and O–H groups in total. The molecule has 2 saturated carbocycles. The van der Waals surface area contributed by atoms with Crippen LogP contribution in [0, 0.1) is 17.8 Å². The van der Waals surface area contributed by atoms with Gasteiger partial charge in [-0.2, -0.15) is 0 Å². The maximum absolute atomic E-state index is 4.40. The van der Waals surface area contributed by atoms with Crippen molar-refractivity contribution in [2.75, 3.05) is 0 Å². The van der Waals surface area contributed by atoms with Crippen LogP contribution in [0.1, 0.15) is 51.3 Å². The highest BCUT2D eigenvalue weighted by molar-refractivity contribution is 7.07. The molecule has 3 heteroatoms. The van der Waals surface area contributed by atoms with Crippen molar-refractivity contribution in [3.8, 4) is 0 Å². The Kier molecular flexibility index (Phi) is 3.22. The Balaban J connectivity index is 1.58. The molecular weight excluding hydrogens is 228 g/mol. The van der Waals surface area contributed by atoms with Crippen molar-refractivity contribution in [2.24, 2.45) is 17.8 Å². The van der Waals surface area contributed by atoms with Crippen molar-refractivity contribution >= 4 is 11.3 Å². The Morgan fingerprint density at radius 1 is 1.35 bits per heavy atom. The summed E-state index contributed by atoms with van der Waals surface area (Å²) >= 11 is 1.69. The first-order chi connectivity index (χ1) is 8.24. The van der Waals surface area contributed by atoms with Crippen molar-refractivity contribution in [3.05, 3.63) is 16.6 Å². The van der Waals surface area contributed by atoms with Gasteiger partial charge in [-0.25, -0.2) is 4.98 Å². The van der Waals surface area contributed by atoms with Crippen molar-refractivity contribution in [1.29, 1.82) is 0 Å². The van der Waals surface area contributed by atoms with Crippen molar-refractivity contribution in [3.63, 3.8) is 0 Å². The van der Waals surface area contributed by atoms with E-state index < -0.39 is 0 Å². The SMILES string of the molecule is CC(NC(C)C1CC2CCC1C2)c1cscn1. The highest BCUT2D eigenvalue weighted by Crippen LogP contribution is 2.49. The molecule has 94 valence electrons. The van der Waals surface area contributed by atoms with Crippen LogP contribution in [-0.2, 0) is 0 Å². The van der Waals surface area contributed by atoms with Crippen LogP contribution in [0.3, 0.4) is 0 Å². The maximum Gasteiger partial charge on any atom is 0.0795 e. The van der Waals surface area contributed by atoms with Crippen LogP contribution in [0.4, 0.5) is 0 Å². The second-order valence-electron chi connectivity index (χ2n) is 5.93. The molecule has 1 aromatic heterocycles. The number of hydrogen-bond acceptors (Lipinski definition) is 3. The highest BCUT2D eigenvalue weighted by Gasteiger charge is 2.41. The maximum atomic E-state index is 4.40. The van der Waals surface area contributed by atoms with Gasteiger partial charge in [0.1, 0.15) is 0 Å². The van der Waals surface area contributed by atoms with Crippen LogP contribution in [0.5, 0.6) is 0 Å². The van der Waals surface area contributed by atoms with Gasteiger partial charge in [-0.15, -0.1) is 11.3 Å². The van der Waals surface area contributed by atoms with Crippen LogP contribution in [-0.4, -0.2) is 11.0 Å². The van der Waals surface area contributed by atoms with Gasteiger partial charge in [-0.05, 0) is 50.9 Å². The average Bonchev–Trinajstić information content (AvgIpc) is 3.05. The molecule has 1 aromatic rings. The molecule has 0 spiro atoms. The summed E-state index contributed by atoms with van der Waals surface area (Å²) < 4.78 is 0. The summed E-state index contributed by atoms with van der Waals surface area (Å²) in [4.78, 5) is 4.40. The molecule has 0 saturated heterocycles. The molecule has 1 heterocycles. The number of hydrogen-bond donors (Lipinski definition) is 1. The summed E-state index contributed by atoms with van der Waals surface area (Å²) in [7, 11) is 0. The van der Waals surface area contributed by atoms with Gasteiger partial charge in [0.2, 0.25) is 0 Å². The third-order valence-corrected chi connectivity index (χ3v) is 5.45. The first kappa shape index (κ1) is 11.7. The Morgan fingerprint density at radius 3 is 2.82 bits per heavy atom. The minimum atomic E-state index is 0.398. The lowest BCUT2D eigenvalue weighted by Crippen LogP contribution is -2.37. The molecule has 2 fully saturated rings. The average molecular weight is 250 g/mol. The van der Waals surface area contributed by atoms with Crippen LogP contribution in [0.15, 0.2) is 10.9 Å². The molecule has 5 atom stereocenters. The van der Waals surface area contributed by atoms with Gasteiger partial charge >= 0.3 is 0 Å². The first-order valence-electron chi connectivity index (χ1n) is 6.88. The Labute approximate surface area is 108 Å². The van der Waals surface area contributed by atoms with E-state index in [0.717, 1.165) is 17.8 Å². The topological polar surface area (TPSA) is 24.9 Å². The van der Waals surface area contributed by atoms with Crippen LogP contribution in [0.25, 0.3) is 0 Å². The quantitative estimate of drug-likeness (QED) is 0.883. The van der Waals surface area contributed by atoms with Crippen LogP contribution >= 0.6 is 11.3 Å². The number of fused-ring (bicyclic) bond motifs is 2. The van der Waals surface area contributed by atoms with Crippen molar-refractivity contribution in [1.82, 2.24) is 10.3 Å². The number of nitrogens with zero attached hydrogens (tertiary/aromatic N) is 1. The van der Waals surface area contributed by atoms with E-state index in [1.807, 2.05) is 5.51 Å². The third-order valence-electron chi connectivity index (χ3n) is 4.84. The predicted octanol–water partition coefficient (Wildman–Crippen LogP) is 3.62. The van der Waals surface area contributed by atoms with E-state index in [0.29, 0.717) is 12.1 Å². The van der Waals surface area contributed by atoms with Gasteiger partial charge in [0.05, 0.1) is 11.2 Å². The monoisotopic (exact) mass is 250 g/mol. The van der Waals surface area contributed by atoms with Crippen LogP contribution < -0.4 is 5.32 Å². The summed E-state index contributed by atoms with van der Waals surface area (Å²) in [5, 5.41) is 5.91. The van der Waals surface area contributed by atoms with E-state index in [4.69, 9.17) is 0 Å². The summed E-state index contributed by atoms with van der Waals surface area (Å²) in [6, 6.07) is 1.04. The lowest BCUT2D eigenvalue weighted by atomic mass is 9.83. The van der Waals surface area contributed by atoms with Gasteiger partial charge in [-0.1, -0.05) is 6.42 Å². The number of nitrogens with one attached hydrogen (secondary N) is 1. The number of rotatable bonds is 4. The molecule has 2 aliphatic rings.